The summed E-state index contributed by atoms with van der Waals surface area (Å²) in [7, 11) is 1.46. The molecule has 1 aromatic rings. The van der Waals surface area contributed by atoms with E-state index in [4.69, 9.17) is 0 Å². The number of carboxylic acids is 2. The standard InChI is InChI=1S/C27H34N2O5/c1-6-9-10-20(7-2)22-13-11-19(12-14-22)16-23(15-18(4)26(31)32)29-25(30)21(8-3)17-24(28-5)27(33)34/h6-14,17-18,23,28H,2,15-16H2,1,3-5H3,(H,29,30)(H,31,32)(H,33,34)/b9-6-,20-10+,21-8+,24-17-/t18-,23+/m1/s1. The maximum Gasteiger partial charge on any atom is 0.351 e. The highest BCUT2D eigenvalue weighted by molar-refractivity contribution is 5.98. The number of carbonyl (C=O) groups is 3. The first-order valence-electron chi connectivity index (χ1n) is 11.0. The number of hydrogen-bond donors (Lipinski definition) is 4. The largest absolute Gasteiger partial charge is 0.481 e. The van der Waals surface area contributed by atoms with E-state index in [2.05, 4.69) is 17.2 Å². The lowest BCUT2D eigenvalue weighted by Gasteiger charge is -2.21. The fraction of sp³-hybridized carbons (Fsp3) is 0.296. The Balaban J connectivity index is 3.14. The van der Waals surface area contributed by atoms with Crippen LogP contribution in [-0.4, -0.2) is 41.1 Å². The Morgan fingerprint density at radius 1 is 1.12 bits per heavy atom. The van der Waals surface area contributed by atoms with Crippen molar-refractivity contribution in [2.45, 2.75) is 39.7 Å². The summed E-state index contributed by atoms with van der Waals surface area (Å²) in [6.07, 6.45) is 11.0. The van der Waals surface area contributed by atoms with Gasteiger partial charge in [0, 0.05) is 18.7 Å². The van der Waals surface area contributed by atoms with Crippen molar-refractivity contribution in [2.75, 3.05) is 7.05 Å². The third-order valence-electron chi connectivity index (χ3n) is 5.23. The van der Waals surface area contributed by atoms with E-state index in [9.17, 15) is 24.6 Å². The van der Waals surface area contributed by atoms with E-state index in [-0.39, 0.29) is 17.7 Å². The van der Waals surface area contributed by atoms with Gasteiger partial charge >= 0.3 is 11.9 Å². The van der Waals surface area contributed by atoms with Crippen molar-refractivity contribution in [3.63, 3.8) is 0 Å². The van der Waals surface area contributed by atoms with Crippen molar-refractivity contribution in [3.8, 4) is 0 Å². The van der Waals surface area contributed by atoms with Crippen LogP contribution in [0.2, 0.25) is 0 Å². The van der Waals surface area contributed by atoms with Crippen LogP contribution in [0.4, 0.5) is 0 Å². The molecule has 2 atom stereocenters. The molecule has 0 aliphatic rings. The molecule has 7 nitrogen and oxygen atoms in total. The Labute approximate surface area is 201 Å². The number of nitrogens with one attached hydrogen (secondary N) is 2. The molecule has 1 rings (SSSR count). The van der Waals surface area contributed by atoms with Gasteiger partial charge in [-0.1, -0.05) is 68.1 Å². The minimum atomic E-state index is -1.19. The lowest BCUT2D eigenvalue weighted by molar-refractivity contribution is -0.141. The van der Waals surface area contributed by atoms with Gasteiger partial charge in [-0.15, -0.1) is 0 Å². The third kappa shape index (κ3) is 8.94. The third-order valence-corrected chi connectivity index (χ3v) is 5.23. The van der Waals surface area contributed by atoms with Gasteiger partial charge in [0.25, 0.3) is 5.91 Å². The molecule has 4 N–H and O–H groups in total. The van der Waals surface area contributed by atoms with E-state index in [1.165, 1.54) is 19.2 Å². The smallest absolute Gasteiger partial charge is 0.351 e. The van der Waals surface area contributed by atoms with Crippen molar-refractivity contribution >= 4 is 23.4 Å². The molecular weight excluding hydrogens is 432 g/mol. The van der Waals surface area contributed by atoms with Gasteiger partial charge in [0.15, 0.2) is 0 Å². The van der Waals surface area contributed by atoms with Gasteiger partial charge in [0.2, 0.25) is 0 Å². The van der Waals surface area contributed by atoms with E-state index < -0.39 is 29.8 Å². The quantitative estimate of drug-likeness (QED) is 0.257. The predicted molar refractivity (Wildman–Crippen MR) is 135 cm³/mol. The molecule has 1 amide bonds. The number of benzene rings is 1. The van der Waals surface area contributed by atoms with Crippen molar-refractivity contribution < 1.29 is 24.6 Å². The maximum atomic E-state index is 12.9. The molecule has 0 bridgehead atoms. The van der Waals surface area contributed by atoms with Crippen LogP contribution in [0.1, 0.15) is 38.3 Å². The molecule has 7 heteroatoms. The zero-order valence-corrected chi connectivity index (χ0v) is 20.2. The highest BCUT2D eigenvalue weighted by atomic mass is 16.4. The second kappa shape index (κ2) is 14.3. The summed E-state index contributed by atoms with van der Waals surface area (Å²) < 4.78 is 0. The highest BCUT2D eigenvalue weighted by Crippen LogP contribution is 2.19. The molecule has 0 heterocycles. The molecule has 0 aromatic heterocycles. The SMILES string of the molecule is C=C/C(=C\C=C/C)c1ccc(C[C@H](C[C@@H](C)C(=O)O)NC(=O)C(/C=C(\NC)C(=O)O)=C/C)cc1. The fourth-order valence-electron chi connectivity index (χ4n) is 3.27. The molecule has 0 saturated carbocycles. The number of carbonyl (C=O) groups excluding carboxylic acids is 1. The van der Waals surface area contributed by atoms with Gasteiger partial charge in [0.1, 0.15) is 5.70 Å². The number of carboxylic acid groups (broad SMARTS) is 2. The van der Waals surface area contributed by atoms with Crippen LogP contribution < -0.4 is 10.6 Å². The molecule has 1 aromatic carbocycles. The van der Waals surface area contributed by atoms with E-state index in [1.807, 2.05) is 49.4 Å². The Morgan fingerprint density at radius 3 is 2.24 bits per heavy atom. The van der Waals surface area contributed by atoms with Crippen LogP contribution >= 0.6 is 0 Å². The van der Waals surface area contributed by atoms with Crippen molar-refractivity contribution in [1.82, 2.24) is 10.6 Å². The number of allylic oxidation sites excluding steroid dienone is 6. The van der Waals surface area contributed by atoms with E-state index in [1.54, 1.807) is 19.9 Å². The highest BCUT2D eigenvalue weighted by Gasteiger charge is 2.22. The number of aliphatic carboxylic acids is 2. The first-order chi connectivity index (χ1) is 16.2. The monoisotopic (exact) mass is 466 g/mol. The number of amides is 1. The molecule has 0 spiro atoms. The van der Waals surface area contributed by atoms with Gasteiger partial charge < -0.3 is 20.8 Å². The zero-order valence-electron chi connectivity index (χ0n) is 20.2. The molecule has 0 unspecified atom stereocenters. The Bertz CT molecular complexity index is 1000. The first-order valence-corrected chi connectivity index (χ1v) is 11.0. The summed E-state index contributed by atoms with van der Waals surface area (Å²) in [6, 6.07) is 7.32. The minimum absolute atomic E-state index is 0.127. The normalized spacial score (nSPS) is 14.4. The molecular formula is C27H34N2O5. The Kier molecular flexibility index (Phi) is 11.9. The van der Waals surface area contributed by atoms with Gasteiger partial charge in [-0.25, -0.2) is 4.79 Å². The van der Waals surface area contributed by atoms with Gasteiger partial charge in [-0.3, -0.25) is 9.59 Å². The summed E-state index contributed by atoms with van der Waals surface area (Å²) in [5.41, 5.74) is 2.93. The van der Waals surface area contributed by atoms with Crippen LogP contribution in [0, 0.1) is 5.92 Å². The molecule has 0 aliphatic heterocycles. The van der Waals surface area contributed by atoms with Crippen LogP contribution in [0.3, 0.4) is 0 Å². The van der Waals surface area contributed by atoms with Crippen molar-refractivity contribution in [1.29, 1.82) is 0 Å². The van der Waals surface area contributed by atoms with Gasteiger partial charge in [-0.2, -0.15) is 0 Å². The van der Waals surface area contributed by atoms with E-state index in [0.29, 0.717) is 6.42 Å². The second-order valence-corrected chi connectivity index (χ2v) is 7.76. The number of rotatable bonds is 13. The van der Waals surface area contributed by atoms with Crippen molar-refractivity contribution in [3.05, 3.63) is 89.7 Å². The lowest BCUT2D eigenvalue weighted by Crippen LogP contribution is -2.39. The van der Waals surface area contributed by atoms with Crippen LogP contribution in [-0.2, 0) is 20.8 Å². The van der Waals surface area contributed by atoms with Crippen LogP contribution in [0.15, 0.2) is 78.6 Å². The maximum absolute atomic E-state index is 12.9. The minimum Gasteiger partial charge on any atom is -0.481 e. The summed E-state index contributed by atoms with van der Waals surface area (Å²) >= 11 is 0. The van der Waals surface area contributed by atoms with Crippen LogP contribution in [0.25, 0.3) is 5.57 Å². The molecule has 0 radical (unpaired) electrons. The summed E-state index contributed by atoms with van der Waals surface area (Å²) in [4.78, 5) is 35.6. The fourth-order valence-corrected chi connectivity index (χ4v) is 3.27. The molecule has 34 heavy (non-hydrogen) atoms. The average molecular weight is 467 g/mol. The Hall–Kier alpha value is -3.87. The molecule has 0 fully saturated rings. The summed E-state index contributed by atoms with van der Waals surface area (Å²) in [5.74, 6) is -3.28. The van der Waals surface area contributed by atoms with Gasteiger partial charge in [0.05, 0.1) is 5.92 Å². The average Bonchev–Trinajstić information content (AvgIpc) is 2.80. The summed E-state index contributed by atoms with van der Waals surface area (Å²) in [5, 5.41) is 24.0. The lowest BCUT2D eigenvalue weighted by atomic mass is 9.94. The second-order valence-electron chi connectivity index (χ2n) is 7.76. The molecule has 0 aliphatic carbocycles. The molecule has 182 valence electrons. The van der Waals surface area contributed by atoms with Crippen molar-refractivity contribution in [2.24, 2.45) is 5.92 Å². The van der Waals surface area contributed by atoms with E-state index >= 15 is 0 Å². The topological polar surface area (TPSA) is 116 Å². The van der Waals surface area contributed by atoms with Gasteiger partial charge in [-0.05, 0) is 49.5 Å². The van der Waals surface area contributed by atoms with E-state index in [0.717, 1.165) is 16.7 Å². The number of likely N-dealkylation sites (N-methyl/N-ethyl adjacent to an activating group) is 1. The summed E-state index contributed by atoms with van der Waals surface area (Å²) in [6.45, 7) is 9.00. The van der Waals surface area contributed by atoms with Crippen LogP contribution in [0.5, 0.6) is 0 Å². The predicted octanol–water partition coefficient (Wildman–Crippen LogP) is 4.10. The molecule has 0 saturated heterocycles. The zero-order chi connectivity index (χ0) is 25.7. The Morgan fingerprint density at radius 2 is 1.76 bits per heavy atom. The number of hydrogen-bond acceptors (Lipinski definition) is 4. The first kappa shape index (κ1) is 28.2.